The summed E-state index contributed by atoms with van der Waals surface area (Å²) in [7, 11) is 0. The fourth-order valence-electron chi connectivity index (χ4n) is 3.02. The van der Waals surface area contributed by atoms with Gasteiger partial charge in [0, 0.05) is 15.8 Å². The Morgan fingerprint density at radius 3 is 2.71 bits per heavy atom. The first-order valence-electron chi connectivity index (χ1n) is 7.64. The van der Waals surface area contributed by atoms with Gasteiger partial charge in [-0.05, 0) is 37.5 Å². The largest absolute Gasteiger partial charge is 0.329 e. The van der Waals surface area contributed by atoms with Crippen LogP contribution in [0.2, 0.25) is 0 Å². The van der Waals surface area contributed by atoms with Crippen LogP contribution in [0.15, 0.2) is 17.8 Å². The Morgan fingerprint density at radius 1 is 1.29 bits per heavy atom. The maximum atomic E-state index is 12.5. The van der Waals surface area contributed by atoms with Crippen LogP contribution >= 0.6 is 11.3 Å². The van der Waals surface area contributed by atoms with E-state index in [2.05, 4.69) is 18.3 Å². The molecule has 2 fully saturated rings. The quantitative estimate of drug-likeness (QED) is 0.686. The number of hydrogen-bond donors (Lipinski definition) is 1. The van der Waals surface area contributed by atoms with Crippen LogP contribution in [0.5, 0.6) is 0 Å². The van der Waals surface area contributed by atoms with Crippen LogP contribution < -0.4 is 5.32 Å². The smallest absolute Gasteiger partial charge is 0.303 e. The van der Waals surface area contributed by atoms with Gasteiger partial charge in [0.1, 0.15) is 5.70 Å². The molecule has 3 rings (SSSR count). The molecule has 1 aliphatic carbocycles. The maximum Gasteiger partial charge on any atom is 0.329 e. The molecule has 0 aromatic carbocycles. The lowest BCUT2D eigenvalue weighted by molar-refractivity contribution is -0.124. The summed E-state index contributed by atoms with van der Waals surface area (Å²) >= 11 is 1.66. The number of thiophene rings is 1. The minimum absolute atomic E-state index is 0.0756. The first kappa shape index (κ1) is 14.3. The maximum absolute atomic E-state index is 12.5. The predicted octanol–water partition coefficient (Wildman–Crippen LogP) is 3.54. The second-order valence-electron chi connectivity index (χ2n) is 5.61. The van der Waals surface area contributed by atoms with E-state index in [0.717, 1.165) is 37.0 Å². The zero-order valence-electron chi connectivity index (χ0n) is 12.2. The number of carbonyl (C=O) groups is 2. The normalized spacial score (nSPS) is 22.1. The highest BCUT2D eigenvalue weighted by Gasteiger charge is 2.38. The van der Waals surface area contributed by atoms with E-state index in [4.69, 9.17) is 0 Å². The van der Waals surface area contributed by atoms with Crippen molar-refractivity contribution in [3.63, 3.8) is 0 Å². The first-order chi connectivity index (χ1) is 10.2. The molecule has 2 heterocycles. The Bertz CT molecular complexity index is 585. The molecule has 0 atom stereocenters. The van der Waals surface area contributed by atoms with E-state index >= 15 is 0 Å². The van der Waals surface area contributed by atoms with Crippen LogP contribution in [0.25, 0.3) is 6.08 Å². The predicted molar refractivity (Wildman–Crippen MR) is 83.9 cm³/mol. The summed E-state index contributed by atoms with van der Waals surface area (Å²) in [5, 5.41) is 2.73. The lowest BCUT2D eigenvalue weighted by Gasteiger charge is -2.28. The molecule has 5 heteroatoms. The summed E-state index contributed by atoms with van der Waals surface area (Å²) in [5.74, 6) is -0.168. The topological polar surface area (TPSA) is 49.4 Å². The highest BCUT2D eigenvalue weighted by atomic mass is 32.1. The second-order valence-corrected chi connectivity index (χ2v) is 6.81. The van der Waals surface area contributed by atoms with Crippen molar-refractivity contribution in [1.82, 2.24) is 10.2 Å². The van der Waals surface area contributed by atoms with Gasteiger partial charge in [-0.15, -0.1) is 11.3 Å². The van der Waals surface area contributed by atoms with Crippen LogP contribution in [0, 0.1) is 0 Å². The van der Waals surface area contributed by atoms with Crippen molar-refractivity contribution < 1.29 is 9.59 Å². The van der Waals surface area contributed by atoms with Crippen molar-refractivity contribution in [2.75, 3.05) is 0 Å². The molecule has 0 unspecified atom stereocenters. The Morgan fingerprint density at radius 2 is 2.05 bits per heavy atom. The number of hydrogen-bond acceptors (Lipinski definition) is 3. The third kappa shape index (κ3) is 2.88. The molecule has 21 heavy (non-hydrogen) atoms. The zero-order chi connectivity index (χ0) is 14.8. The fraction of sp³-hybridized carbons (Fsp3) is 0.500. The number of nitrogens with one attached hydrogen (secondary N) is 1. The van der Waals surface area contributed by atoms with E-state index in [0.29, 0.717) is 5.70 Å². The summed E-state index contributed by atoms with van der Waals surface area (Å²) in [5.41, 5.74) is 0.412. The molecule has 2 aliphatic rings. The SMILES string of the molecule is CCc1ccc(/C=C2\NC(=O)N(C3CCCCC3)C2=O)s1. The van der Waals surface area contributed by atoms with Gasteiger partial charge in [-0.3, -0.25) is 9.69 Å². The minimum atomic E-state index is -0.259. The second kappa shape index (κ2) is 6.02. The molecular weight excluding hydrogens is 284 g/mol. The molecule has 3 amide bonds. The average molecular weight is 304 g/mol. The highest BCUT2D eigenvalue weighted by molar-refractivity contribution is 7.12. The molecule has 0 radical (unpaired) electrons. The van der Waals surface area contributed by atoms with E-state index in [9.17, 15) is 9.59 Å². The van der Waals surface area contributed by atoms with Crippen molar-refractivity contribution in [3.8, 4) is 0 Å². The molecular formula is C16H20N2O2S. The standard InChI is InChI=1S/C16H20N2O2S/c1-2-12-8-9-13(21-12)10-14-15(19)18(16(20)17-14)11-6-4-3-5-7-11/h8-11H,2-7H2,1H3,(H,17,20)/b14-10-. The minimum Gasteiger partial charge on any atom is -0.303 e. The van der Waals surface area contributed by atoms with Crippen LogP contribution in [0.1, 0.15) is 48.8 Å². The Labute approximate surface area is 128 Å². The summed E-state index contributed by atoms with van der Waals surface area (Å²) in [4.78, 5) is 28.3. The van der Waals surface area contributed by atoms with E-state index in [1.165, 1.54) is 16.2 Å². The van der Waals surface area contributed by atoms with Gasteiger partial charge in [-0.25, -0.2) is 4.79 Å². The highest BCUT2D eigenvalue weighted by Crippen LogP contribution is 2.27. The molecule has 0 spiro atoms. The van der Waals surface area contributed by atoms with Crippen molar-refractivity contribution in [2.45, 2.75) is 51.5 Å². The molecule has 4 nitrogen and oxygen atoms in total. The van der Waals surface area contributed by atoms with Gasteiger partial charge < -0.3 is 5.32 Å². The molecule has 1 N–H and O–H groups in total. The van der Waals surface area contributed by atoms with Gasteiger partial charge in [-0.2, -0.15) is 0 Å². The lowest BCUT2D eigenvalue weighted by atomic mass is 9.94. The van der Waals surface area contributed by atoms with Gasteiger partial charge in [0.15, 0.2) is 0 Å². The first-order valence-corrected chi connectivity index (χ1v) is 8.45. The zero-order valence-corrected chi connectivity index (χ0v) is 13.0. The molecule has 1 saturated heterocycles. The average Bonchev–Trinajstić information content (AvgIpc) is 3.05. The Balaban J connectivity index is 1.79. The molecule has 1 aromatic heterocycles. The number of imide groups is 1. The third-order valence-corrected chi connectivity index (χ3v) is 5.34. The van der Waals surface area contributed by atoms with Crippen molar-refractivity contribution in [2.24, 2.45) is 0 Å². The van der Waals surface area contributed by atoms with E-state index in [1.807, 2.05) is 6.07 Å². The fourth-order valence-corrected chi connectivity index (χ4v) is 3.92. The number of amides is 3. The number of rotatable bonds is 3. The van der Waals surface area contributed by atoms with Crippen LogP contribution in [0.3, 0.4) is 0 Å². The van der Waals surface area contributed by atoms with Crippen LogP contribution in [-0.4, -0.2) is 22.9 Å². The molecule has 0 bridgehead atoms. The number of aryl methyl sites for hydroxylation is 1. The van der Waals surface area contributed by atoms with Gasteiger partial charge in [-0.1, -0.05) is 26.2 Å². The molecule has 1 aliphatic heterocycles. The summed E-state index contributed by atoms with van der Waals surface area (Å²) in [6, 6.07) is 3.88. The van der Waals surface area contributed by atoms with Crippen molar-refractivity contribution >= 4 is 29.4 Å². The van der Waals surface area contributed by atoms with Crippen molar-refractivity contribution in [1.29, 1.82) is 0 Å². The Hall–Kier alpha value is -1.62. The lowest BCUT2D eigenvalue weighted by Crippen LogP contribution is -2.41. The molecule has 1 saturated carbocycles. The van der Waals surface area contributed by atoms with E-state index in [-0.39, 0.29) is 18.0 Å². The van der Waals surface area contributed by atoms with Crippen LogP contribution in [0.4, 0.5) is 4.79 Å². The molecule has 112 valence electrons. The molecule has 1 aromatic rings. The van der Waals surface area contributed by atoms with E-state index in [1.54, 1.807) is 17.4 Å². The summed E-state index contributed by atoms with van der Waals surface area (Å²) in [6.07, 6.45) is 8.07. The number of urea groups is 1. The van der Waals surface area contributed by atoms with Gasteiger partial charge in [0.25, 0.3) is 5.91 Å². The Kier molecular flexibility index (Phi) is 4.10. The monoisotopic (exact) mass is 304 g/mol. The summed E-state index contributed by atoms with van der Waals surface area (Å²) < 4.78 is 0. The third-order valence-electron chi connectivity index (χ3n) is 4.17. The van der Waals surface area contributed by atoms with Crippen LogP contribution in [-0.2, 0) is 11.2 Å². The number of nitrogens with zero attached hydrogens (tertiary/aromatic N) is 1. The van der Waals surface area contributed by atoms with Crippen molar-refractivity contribution in [3.05, 3.63) is 27.6 Å². The van der Waals surface area contributed by atoms with Gasteiger partial charge in [0.2, 0.25) is 0 Å². The summed E-state index contributed by atoms with van der Waals surface area (Å²) in [6.45, 7) is 2.11. The number of carbonyl (C=O) groups excluding carboxylic acids is 2. The van der Waals surface area contributed by atoms with E-state index < -0.39 is 0 Å². The van der Waals surface area contributed by atoms with Gasteiger partial charge in [0.05, 0.1) is 0 Å². The van der Waals surface area contributed by atoms with Gasteiger partial charge >= 0.3 is 6.03 Å².